The van der Waals surface area contributed by atoms with Crippen molar-refractivity contribution in [1.29, 1.82) is 0 Å². The van der Waals surface area contributed by atoms with Crippen LogP contribution < -0.4 is 5.32 Å². The number of anilines is 1. The van der Waals surface area contributed by atoms with Gasteiger partial charge in [-0.25, -0.2) is 18.7 Å². The molecular weight excluding hydrogens is 310 g/mol. The van der Waals surface area contributed by atoms with Gasteiger partial charge in [-0.15, -0.1) is 0 Å². The van der Waals surface area contributed by atoms with E-state index in [4.69, 9.17) is 0 Å². The Morgan fingerprint density at radius 2 is 1.92 bits per heavy atom. The van der Waals surface area contributed by atoms with E-state index in [1.54, 1.807) is 18.5 Å². The summed E-state index contributed by atoms with van der Waals surface area (Å²) in [6.45, 7) is 3.24. The van der Waals surface area contributed by atoms with E-state index in [0.717, 1.165) is 5.56 Å². The number of hydrogen-bond acceptors (Lipinski definition) is 4. The Morgan fingerprint density at radius 1 is 1.21 bits per heavy atom. The van der Waals surface area contributed by atoms with Crippen LogP contribution in [0.2, 0.25) is 0 Å². The van der Waals surface area contributed by atoms with Gasteiger partial charge in [0.25, 0.3) is 5.92 Å². The maximum absolute atomic E-state index is 14.5. The predicted molar refractivity (Wildman–Crippen MR) is 90.0 cm³/mol. The smallest absolute Gasteiger partial charge is 0.265 e. The second-order valence-electron chi connectivity index (χ2n) is 6.40. The summed E-state index contributed by atoms with van der Waals surface area (Å²) in [4.78, 5) is 9.86. The van der Waals surface area contributed by atoms with Crippen molar-refractivity contribution in [2.45, 2.75) is 25.8 Å². The number of halogens is 2. The Labute approximate surface area is 140 Å². The van der Waals surface area contributed by atoms with Crippen molar-refractivity contribution in [3.05, 3.63) is 53.9 Å². The largest absolute Gasteiger partial charge is 0.354 e. The van der Waals surface area contributed by atoms with Crippen LogP contribution in [0.1, 0.15) is 17.5 Å². The number of benzene rings is 1. The summed E-state index contributed by atoms with van der Waals surface area (Å²) >= 11 is 0. The molecule has 2 aromatic rings. The number of nitrogens with zero attached hydrogens (tertiary/aromatic N) is 3. The predicted octanol–water partition coefficient (Wildman–Crippen LogP) is 3.35. The number of piperidine rings is 1. The molecule has 6 heteroatoms. The Kier molecular flexibility index (Phi) is 5.04. The highest BCUT2D eigenvalue weighted by atomic mass is 19.3. The fraction of sp³-hybridized carbons (Fsp3) is 0.444. The zero-order valence-corrected chi connectivity index (χ0v) is 13.8. The first-order valence-corrected chi connectivity index (χ1v) is 8.19. The van der Waals surface area contributed by atoms with Gasteiger partial charge in [0.05, 0.1) is 6.54 Å². The zero-order chi connectivity index (χ0) is 17.0. The number of aromatic nitrogens is 2. The van der Waals surface area contributed by atoms with Crippen LogP contribution in [0.4, 0.5) is 14.7 Å². The van der Waals surface area contributed by atoms with E-state index in [1.807, 2.05) is 36.1 Å². The van der Waals surface area contributed by atoms with Crippen LogP contribution in [0.15, 0.2) is 42.7 Å². The van der Waals surface area contributed by atoms with Crippen molar-refractivity contribution >= 4 is 5.95 Å². The van der Waals surface area contributed by atoms with Gasteiger partial charge in [0.15, 0.2) is 0 Å². The minimum atomic E-state index is -2.72. The molecule has 0 unspecified atom stereocenters. The van der Waals surface area contributed by atoms with E-state index in [9.17, 15) is 8.78 Å². The third-order valence-corrected chi connectivity index (χ3v) is 4.42. The van der Waals surface area contributed by atoms with E-state index >= 15 is 0 Å². The Bertz CT molecular complexity index is 646. The molecule has 1 fully saturated rings. The van der Waals surface area contributed by atoms with Crippen LogP contribution in [-0.2, 0) is 6.54 Å². The van der Waals surface area contributed by atoms with Gasteiger partial charge in [-0.2, -0.15) is 0 Å². The highest BCUT2D eigenvalue weighted by molar-refractivity contribution is 5.23. The lowest BCUT2D eigenvalue weighted by Crippen LogP contribution is -2.50. The molecule has 3 rings (SSSR count). The minimum Gasteiger partial charge on any atom is -0.354 e. The fourth-order valence-electron chi connectivity index (χ4n) is 3.00. The number of hydrogen-bond donors (Lipinski definition) is 1. The molecule has 4 nitrogen and oxygen atoms in total. The summed E-state index contributed by atoms with van der Waals surface area (Å²) in [5.74, 6) is -3.02. The van der Waals surface area contributed by atoms with Gasteiger partial charge in [-0.05, 0) is 31.5 Å². The first-order chi connectivity index (χ1) is 11.5. The molecule has 0 bridgehead atoms. The highest BCUT2D eigenvalue weighted by Gasteiger charge is 2.44. The Hall–Kier alpha value is -2.08. The lowest BCUT2D eigenvalue weighted by molar-refractivity contribution is -0.108. The topological polar surface area (TPSA) is 41.0 Å². The van der Waals surface area contributed by atoms with Crippen LogP contribution >= 0.6 is 0 Å². The van der Waals surface area contributed by atoms with Gasteiger partial charge in [-0.3, -0.25) is 4.90 Å². The summed E-state index contributed by atoms with van der Waals surface area (Å²) in [5, 5.41) is 2.92. The van der Waals surface area contributed by atoms with Crippen molar-refractivity contribution in [3.8, 4) is 0 Å². The summed E-state index contributed by atoms with van der Waals surface area (Å²) < 4.78 is 28.9. The second-order valence-corrected chi connectivity index (χ2v) is 6.40. The second kappa shape index (κ2) is 7.21. The lowest BCUT2D eigenvalue weighted by Gasteiger charge is -2.38. The van der Waals surface area contributed by atoms with Crippen LogP contribution in [-0.4, -0.2) is 40.4 Å². The maximum Gasteiger partial charge on any atom is 0.265 e. The van der Waals surface area contributed by atoms with Gasteiger partial charge < -0.3 is 5.32 Å². The number of likely N-dealkylation sites (tertiary alicyclic amines) is 1. The van der Waals surface area contributed by atoms with E-state index in [1.165, 1.54) is 5.56 Å². The van der Waals surface area contributed by atoms with Crippen molar-refractivity contribution in [3.63, 3.8) is 0 Å². The van der Waals surface area contributed by atoms with Crippen molar-refractivity contribution in [2.75, 3.05) is 25.0 Å². The molecule has 1 aromatic heterocycles. The molecule has 2 heterocycles. The zero-order valence-electron chi connectivity index (χ0n) is 13.8. The molecule has 1 atom stereocenters. The van der Waals surface area contributed by atoms with E-state index in [2.05, 4.69) is 15.3 Å². The van der Waals surface area contributed by atoms with Crippen molar-refractivity contribution in [1.82, 2.24) is 14.9 Å². The van der Waals surface area contributed by atoms with E-state index in [-0.39, 0.29) is 13.1 Å². The van der Waals surface area contributed by atoms with Gasteiger partial charge in [0.1, 0.15) is 0 Å². The first kappa shape index (κ1) is 16.8. The lowest BCUT2D eigenvalue weighted by atomic mass is 9.92. The number of alkyl halides is 2. The third kappa shape index (κ3) is 4.26. The average molecular weight is 332 g/mol. The maximum atomic E-state index is 14.5. The first-order valence-electron chi connectivity index (χ1n) is 8.19. The minimum absolute atomic E-state index is 0.190. The molecule has 0 aliphatic carbocycles. The number of rotatable bonds is 5. The Balaban J connectivity index is 1.55. The van der Waals surface area contributed by atoms with Crippen LogP contribution in [0.25, 0.3) is 0 Å². The van der Waals surface area contributed by atoms with Gasteiger partial charge in [0, 0.05) is 31.4 Å². The summed E-state index contributed by atoms with van der Waals surface area (Å²) in [7, 11) is 0. The van der Waals surface area contributed by atoms with Gasteiger partial charge in [-0.1, -0.05) is 29.8 Å². The summed E-state index contributed by atoms with van der Waals surface area (Å²) in [6.07, 6.45) is 3.65. The fourth-order valence-corrected chi connectivity index (χ4v) is 3.00. The standard InChI is InChI=1S/C18H22F2N4/c1-14-3-5-15(6-4-14)12-24-10-7-16(18(19,20)13-24)11-23-17-21-8-2-9-22-17/h2-6,8-9,16H,7,10-13H2,1H3,(H,21,22,23)/t16-/m1/s1. The SMILES string of the molecule is Cc1ccc(CN2CC[C@H](CNc3ncccn3)C(F)(F)C2)cc1. The van der Waals surface area contributed by atoms with Crippen LogP contribution in [0, 0.1) is 12.8 Å². The average Bonchev–Trinajstić information content (AvgIpc) is 2.56. The van der Waals surface area contributed by atoms with Gasteiger partial charge >= 0.3 is 0 Å². The van der Waals surface area contributed by atoms with Crippen LogP contribution in [0.3, 0.4) is 0 Å². The molecule has 1 aliphatic heterocycles. The monoisotopic (exact) mass is 332 g/mol. The summed E-state index contributed by atoms with van der Waals surface area (Å²) in [6, 6.07) is 9.75. The molecule has 1 N–H and O–H groups in total. The quantitative estimate of drug-likeness (QED) is 0.912. The van der Waals surface area contributed by atoms with E-state index in [0.29, 0.717) is 25.5 Å². The summed E-state index contributed by atoms with van der Waals surface area (Å²) in [5.41, 5.74) is 2.25. The molecule has 0 spiro atoms. The Morgan fingerprint density at radius 3 is 2.58 bits per heavy atom. The molecule has 1 saturated heterocycles. The molecular formula is C18H22F2N4. The highest BCUT2D eigenvalue weighted by Crippen LogP contribution is 2.33. The molecule has 1 aromatic carbocycles. The molecule has 0 saturated carbocycles. The molecule has 0 amide bonds. The van der Waals surface area contributed by atoms with Crippen LogP contribution in [0.5, 0.6) is 0 Å². The number of aryl methyl sites for hydroxylation is 1. The molecule has 1 aliphatic rings. The molecule has 0 radical (unpaired) electrons. The number of nitrogens with one attached hydrogen (secondary N) is 1. The van der Waals surface area contributed by atoms with Gasteiger partial charge in [0.2, 0.25) is 5.95 Å². The third-order valence-electron chi connectivity index (χ3n) is 4.42. The van der Waals surface area contributed by atoms with E-state index < -0.39 is 11.8 Å². The van der Waals surface area contributed by atoms with Crippen molar-refractivity contribution < 1.29 is 8.78 Å². The molecule has 24 heavy (non-hydrogen) atoms. The molecule has 128 valence electrons. The normalized spacial score (nSPS) is 20.7. The van der Waals surface area contributed by atoms with Crippen molar-refractivity contribution in [2.24, 2.45) is 5.92 Å².